The Bertz CT molecular complexity index is 689. The molecule has 0 saturated heterocycles. The molecule has 0 aliphatic heterocycles. The van der Waals surface area contributed by atoms with Crippen LogP contribution in [0.4, 0.5) is 0 Å². The molecule has 2 rings (SSSR count). The van der Waals surface area contributed by atoms with Crippen LogP contribution in [0.15, 0.2) is 42.5 Å². The number of ether oxygens (including phenoxy) is 2. The van der Waals surface area contributed by atoms with E-state index in [4.69, 9.17) is 9.47 Å². The Kier molecular flexibility index (Phi) is 5.85. The van der Waals surface area contributed by atoms with Crippen molar-refractivity contribution in [3.8, 4) is 11.5 Å². The van der Waals surface area contributed by atoms with E-state index in [1.54, 1.807) is 20.3 Å². The minimum Gasteiger partial charge on any atom is -0.493 e. The lowest BCUT2D eigenvalue weighted by Crippen LogP contribution is -2.14. The number of carbonyl (C=O) groups is 1. The largest absolute Gasteiger partial charge is 0.493 e. The number of carboxylic acid groups (broad SMARTS) is 1. The monoisotopic (exact) mass is 328 g/mol. The maximum atomic E-state index is 11.7. The quantitative estimate of drug-likeness (QED) is 0.826. The van der Waals surface area contributed by atoms with Gasteiger partial charge in [0.25, 0.3) is 0 Å². The molecule has 24 heavy (non-hydrogen) atoms. The summed E-state index contributed by atoms with van der Waals surface area (Å²) in [6.07, 6.45) is 0.400. The topological polar surface area (TPSA) is 55.8 Å². The van der Waals surface area contributed by atoms with Crippen molar-refractivity contribution in [1.82, 2.24) is 0 Å². The molecule has 2 aromatic rings. The zero-order valence-electron chi connectivity index (χ0n) is 14.6. The first-order valence-electron chi connectivity index (χ1n) is 7.99. The van der Waals surface area contributed by atoms with Gasteiger partial charge in [0.2, 0.25) is 0 Å². The summed E-state index contributed by atoms with van der Waals surface area (Å²) >= 11 is 0. The van der Waals surface area contributed by atoms with Crippen LogP contribution in [0.2, 0.25) is 0 Å². The second-order valence-electron chi connectivity index (χ2n) is 6.11. The fourth-order valence-corrected chi connectivity index (χ4v) is 2.70. The van der Waals surface area contributed by atoms with E-state index in [1.165, 1.54) is 5.56 Å². The average Bonchev–Trinajstić information content (AvgIpc) is 2.59. The molecule has 0 aliphatic carbocycles. The van der Waals surface area contributed by atoms with Gasteiger partial charge in [0.05, 0.1) is 20.1 Å². The molecule has 0 aromatic heterocycles. The highest BCUT2D eigenvalue weighted by atomic mass is 16.5. The third-order valence-electron chi connectivity index (χ3n) is 4.19. The van der Waals surface area contributed by atoms with Gasteiger partial charge in [-0.3, -0.25) is 4.79 Å². The van der Waals surface area contributed by atoms with Gasteiger partial charge in [0, 0.05) is 0 Å². The van der Waals surface area contributed by atoms with Crippen molar-refractivity contribution in [2.75, 3.05) is 14.2 Å². The lowest BCUT2D eigenvalue weighted by Gasteiger charge is -2.16. The summed E-state index contributed by atoms with van der Waals surface area (Å²) in [5.41, 5.74) is 2.91. The molecule has 4 nitrogen and oxygen atoms in total. The predicted molar refractivity (Wildman–Crippen MR) is 94.2 cm³/mol. The maximum absolute atomic E-state index is 11.7. The van der Waals surface area contributed by atoms with E-state index in [0.29, 0.717) is 23.8 Å². The van der Waals surface area contributed by atoms with Gasteiger partial charge in [-0.2, -0.15) is 0 Å². The molecule has 1 N–H and O–H groups in total. The summed E-state index contributed by atoms with van der Waals surface area (Å²) in [6.45, 7) is 4.24. The second-order valence-corrected chi connectivity index (χ2v) is 6.11. The maximum Gasteiger partial charge on any atom is 0.311 e. The Balaban J connectivity index is 2.27. The Labute approximate surface area is 143 Å². The van der Waals surface area contributed by atoms with E-state index in [2.05, 4.69) is 13.8 Å². The van der Waals surface area contributed by atoms with Crippen LogP contribution in [0, 0.1) is 0 Å². The second kappa shape index (κ2) is 7.86. The van der Waals surface area contributed by atoms with Crippen molar-refractivity contribution >= 4 is 5.97 Å². The molecular weight excluding hydrogens is 304 g/mol. The van der Waals surface area contributed by atoms with Crippen LogP contribution in [0.3, 0.4) is 0 Å². The Morgan fingerprint density at radius 3 is 2.04 bits per heavy atom. The number of aliphatic carboxylic acids is 1. The van der Waals surface area contributed by atoms with Gasteiger partial charge in [-0.25, -0.2) is 0 Å². The van der Waals surface area contributed by atoms with Crippen molar-refractivity contribution in [1.29, 1.82) is 0 Å². The summed E-state index contributed by atoms with van der Waals surface area (Å²) in [5.74, 6) is 0.239. The van der Waals surface area contributed by atoms with Crippen molar-refractivity contribution in [3.63, 3.8) is 0 Å². The molecule has 0 saturated carbocycles. The van der Waals surface area contributed by atoms with Gasteiger partial charge in [-0.1, -0.05) is 44.2 Å². The summed E-state index contributed by atoms with van der Waals surface area (Å²) in [5, 5.41) is 9.64. The molecule has 0 fully saturated rings. The van der Waals surface area contributed by atoms with E-state index < -0.39 is 11.9 Å². The summed E-state index contributed by atoms with van der Waals surface area (Å²) < 4.78 is 10.5. The lowest BCUT2D eigenvalue weighted by molar-refractivity contribution is -0.138. The summed E-state index contributed by atoms with van der Waals surface area (Å²) in [7, 11) is 3.15. The SMILES string of the molecule is COc1ccc(CC(C(=O)O)c2ccc(C(C)C)cc2)cc1OC. The highest BCUT2D eigenvalue weighted by Gasteiger charge is 2.21. The Hall–Kier alpha value is -2.49. The van der Waals surface area contributed by atoms with Gasteiger partial charge < -0.3 is 14.6 Å². The number of methoxy groups -OCH3 is 2. The van der Waals surface area contributed by atoms with Gasteiger partial charge in [0.1, 0.15) is 0 Å². The molecule has 1 unspecified atom stereocenters. The van der Waals surface area contributed by atoms with Crippen molar-refractivity contribution in [2.24, 2.45) is 0 Å². The van der Waals surface area contributed by atoms with Gasteiger partial charge >= 0.3 is 5.97 Å². The van der Waals surface area contributed by atoms with Crippen molar-refractivity contribution in [2.45, 2.75) is 32.1 Å². The number of carboxylic acids is 1. The zero-order valence-corrected chi connectivity index (χ0v) is 14.6. The minimum atomic E-state index is -0.831. The van der Waals surface area contributed by atoms with E-state index in [-0.39, 0.29) is 0 Å². The molecule has 0 radical (unpaired) electrons. The third kappa shape index (κ3) is 4.07. The first-order valence-corrected chi connectivity index (χ1v) is 7.99. The molecule has 0 aliphatic rings. The number of hydrogen-bond donors (Lipinski definition) is 1. The normalized spacial score (nSPS) is 12.0. The number of rotatable bonds is 7. The van der Waals surface area contributed by atoms with Crippen LogP contribution < -0.4 is 9.47 Å². The molecule has 128 valence electrons. The number of hydrogen-bond acceptors (Lipinski definition) is 3. The Morgan fingerprint density at radius 2 is 1.54 bits per heavy atom. The van der Waals surface area contributed by atoms with E-state index >= 15 is 0 Å². The molecule has 2 aromatic carbocycles. The van der Waals surface area contributed by atoms with Crippen LogP contribution in [-0.2, 0) is 11.2 Å². The summed E-state index contributed by atoms with van der Waals surface area (Å²) in [6, 6.07) is 13.3. The first-order chi connectivity index (χ1) is 11.5. The highest BCUT2D eigenvalue weighted by Crippen LogP contribution is 2.30. The van der Waals surface area contributed by atoms with Crippen LogP contribution in [-0.4, -0.2) is 25.3 Å². The predicted octanol–water partition coefficient (Wildman–Crippen LogP) is 4.24. The van der Waals surface area contributed by atoms with Crippen molar-refractivity contribution in [3.05, 3.63) is 59.2 Å². The van der Waals surface area contributed by atoms with Crippen molar-refractivity contribution < 1.29 is 19.4 Å². The Morgan fingerprint density at radius 1 is 0.958 bits per heavy atom. The minimum absolute atomic E-state index is 0.400. The van der Waals surface area contributed by atoms with E-state index in [1.807, 2.05) is 36.4 Å². The molecular formula is C20H24O4. The fraction of sp³-hybridized carbons (Fsp3) is 0.350. The van der Waals surface area contributed by atoms with E-state index in [0.717, 1.165) is 11.1 Å². The van der Waals surface area contributed by atoms with Crippen LogP contribution in [0.25, 0.3) is 0 Å². The van der Waals surface area contributed by atoms with Gasteiger partial charge in [-0.15, -0.1) is 0 Å². The molecule has 0 spiro atoms. The summed E-state index contributed by atoms with van der Waals surface area (Å²) in [4.78, 5) is 11.7. The van der Waals surface area contributed by atoms with Gasteiger partial charge in [-0.05, 0) is 41.2 Å². The highest BCUT2D eigenvalue weighted by molar-refractivity contribution is 5.76. The fourth-order valence-electron chi connectivity index (χ4n) is 2.70. The van der Waals surface area contributed by atoms with Gasteiger partial charge in [0.15, 0.2) is 11.5 Å². The smallest absolute Gasteiger partial charge is 0.311 e. The van der Waals surface area contributed by atoms with E-state index in [9.17, 15) is 9.90 Å². The number of benzene rings is 2. The molecule has 0 amide bonds. The van der Waals surface area contributed by atoms with Crippen LogP contribution in [0.1, 0.15) is 42.4 Å². The zero-order chi connectivity index (χ0) is 17.7. The first kappa shape index (κ1) is 17.9. The van der Waals surface area contributed by atoms with Crippen LogP contribution in [0.5, 0.6) is 11.5 Å². The molecule has 1 atom stereocenters. The third-order valence-corrected chi connectivity index (χ3v) is 4.19. The molecule has 0 heterocycles. The standard InChI is InChI=1S/C20H24O4/c1-13(2)15-6-8-16(9-7-15)17(20(21)22)11-14-5-10-18(23-3)19(12-14)24-4/h5-10,12-13,17H,11H2,1-4H3,(H,21,22). The molecule has 4 heteroatoms. The average molecular weight is 328 g/mol. The van der Waals surface area contributed by atoms with Crippen LogP contribution >= 0.6 is 0 Å². The lowest BCUT2D eigenvalue weighted by atomic mass is 9.90. The molecule has 0 bridgehead atoms.